The van der Waals surface area contributed by atoms with Crippen molar-refractivity contribution < 1.29 is 4.74 Å². The van der Waals surface area contributed by atoms with Crippen molar-refractivity contribution >= 4 is 22.4 Å². The molecule has 0 spiro atoms. The predicted octanol–water partition coefficient (Wildman–Crippen LogP) is 2.28. The number of anilines is 1. The average Bonchev–Trinajstić information content (AvgIpc) is 3.15. The fraction of sp³-hybridized carbons (Fsp3) is 0.444. The zero-order valence-corrected chi connectivity index (χ0v) is 15.6. The molecule has 25 heavy (non-hydrogen) atoms. The van der Waals surface area contributed by atoms with E-state index in [-0.39, 0.29) is 0 Å². The van der Waals surface area contributed by atoms with Crippen molar-refractivity contribution in [2.24, 2.45) is 10.7 Å². The monoisotopic (exact) mass is 359 g/mol. The van der Waals surface area contributed by atoms with Crippen LogP contribution in [0.15, 0.2) is 34.8 Å². The molecule has 2 heterocycles. The minimum atomic E-state index is 0.533. The van der Waals surface area contributed by atoms with E-state index in [0.717, 1.165) is 48.2 Å². The topological polar surface area (TPSA) is 67.0 Å². The van der Waals surface area contributed by atoms with Gasteiger partial charge in [-0.1, -0.05) is 18.2 Å². The highest BCUT2D eigenvalue weighted by molar-refractivity contribution is 7.13. The minimum absolute atomic E-state index is 0.533. The number of rotatable bonds is 5. The lowest BCUT2D eigenvalue weighted by Gasteiger charge is -2.35. The molecule has 0 radical (unpaired) electrons. The van der Waals surface area contributed by atoms with E-state index in [0.29, 0.717) is 19.1 Å². The van der Waals surface area contributed by atoms with E-state index in [1.165, 1.54) is 0 Å². The van der Waals surface area contributed by atoms with Crippen LogP contribution in [0.1, 0.15) is 11.1 Å². The van der Waals surface area contributed by atoms with Gasteiger partial charge in [0.2, 0.25) is 0 Å². The first-order chi connectivity index (χ1) is 12.1. The summed E-state index contributed by atoms with van der Waals surface area (Å²) in [6.45, 7) is 8.78. The Bertz CT molecular complexity index is 688. The molecule has 134 valence electrons. The molecule has 2 N–H and O–H groups in total. The van der Waals surface area contributed by atoms with Crippen molar-refractivity contribution in [2.75, 3.05) is 44.2 Å². The largest absolute Gasteiger partial charge is 0.491 e. The van der Waals surface area contributed by atoms with Crippen LogP contribution in [0.4, 0.5) is 5.13 Å². The van der Waals surface area contributed by atoms with Crippen molar-refractivity contribution in [2.45, 2.75) is 13.8 Å². The normalized spacial score (nSPS) is 15.5. The standard InChI is InChI=1S/C18H25N5OS/c1-14-4-3-5-15(2)16(14)24-12-6-20-17(19)22-8-10-23(11-9-22)18-21-7-13-25-18/h3-5,7,13H,6,8-12H2,1-2H3,(H2,19,20). The molecule has 1 aromatic heterocycles. The highest BCUT2D eigenvalue weighted by atomic mass is 32.1. The van der Waals surface area contributed by atoms with Crippen LogP contribution in [0.2, 0.25) is 0 Å². The number of hydrogen-bond donors (Lipinski definition) is 1. The van der Waals surface area contributed by atoms with E-state index in [1.54, 1.807) is 11.3 Å². The smallest absolute Gasteiger partial charge is 0.191 e. The Morgan fingerprint density at radius 3 is 2.60 bits per heavy atom. The number of hydrogen-bond acceptors (Lipinski definition) is 5. The number of piperazine rings is 1. The Morgan fingerprint density at radius 1 is 1.24 bits per heavy atom. The summed E-state index contributed by atoms with van der Waals surface area (Å²) in [7, 11) is 0. The second kappa shape index (κ2) is 8.20. The van der Waals surface area contributed by atoms with E-state index in [2.05, 4.69) is 45.8 Å². The molecule has 1 aliphatic rings. The van der Waals surface area contributed by atoms with Crippen molar-refractivity contribution in [3.8, 4) is 5.75 Å². The number of aliphatic imine (C=N–C) groups is 1. The number of guanidine groups is 1. The van der Waals surface area contributed by atoms with Gasteiger partial charge in [-0.25, -0.2) is 9.98 Å². The van der Waals surface area contributed by atoms with Gasteiger partial charge in [-0.3, -0.25) is 0 Å². The predicted molar refractivity (Wildman–Crippen MR) is 104 cm³/mol. The Labute approximate surface area is 152 Å². The minimum Gasteiger partial charge on any atom is -0.491 e. The van der Waals surface area contributed by atoms with Crippen LogP contribution in [-0.2, 0) is 0 Å². The van der Waals surface area contributed by atoms with Crippen molar-refractivity contribution in [3.05, 3.63) is 40.9 Å². The van der Waals surface area contributed by atoms with Gasteiger partial charge in [-0.15, -0.1) is 11.3 Å². The molecule has 0 atom stereocenters. The van der Waals surface area contributed by atoms with Crippen LogP contribution in [0.5, 0.6) is 5.75 Å². The summed E-state index contributed by atoms with van der Waals surface area (Å²) < 4.78 is 5.88. The van der Waals surface area contributed by atoms with Crippen LogP contribution < -0.4 is 15.4 Å². The molecule has 1 saturated heterocycles. The second-order valence-electron chi connectivity index (χ2n) is 6.10. The second-order valence-corrected chi connectivity index (χ2v) is 6.97. The molecule has 0 unspecified atom stereocenters. The summed E-state index contributed by atoms with van der Waals surface area (Å²) >= 11 is 1.67. The molecule has 0 saturated carbocycles. The third kappa shape index (κ3) is 4.42. The molecule has 2 aromatic rings. The summed E-state index contributed by atoms with van der Waals surface area (Å²) in [6, 6.07) is 6.16. The third-order valence-corrected chi connectivity index (χ3v) is 5.15. The molecule has 6 nitrogen and oxygen atoms in total. The summed E-state index contributed by atoms with van der Waals surface area (Å²) in [5.41, 5.74) is 8.44. The number of ether oxygens (including phenoxy) is 1. The molecule has 3 rings (SSSR count). The first kappa shape index (κ1) is 17.5. The van der Waals surface area contributed by atoms with Crippen molar-refractivity contribution in [3.63, 3.8) is 0 Å². The SMILES string of the molecule is Cc1cccc(C)c1OCCN=C(N)N1CCN(c2nccs2)CC1. The molecule has 1 fully saturated rings. The van der Waals surface area contributed by atoms with Crippen molar-refractivity contribution in [1.82, 2.24) is 9.88 Å². The Balaban J connectivity index is 1.45. The van der Waals surface area contributed by atoms with Crippen LogP contribution in [0.25, 0.3) is 0 Å². The fourth-order valence-electron chi connectivity index (χ4n) is 2.93. The maximum Gasteiger partial charge on any atom is 0.191 e. The molecule has 1 aliphatic heterocycles. The van der Waals surface area contributed by atoms with Gasteiger partial charge in [-0.05, 0) is 25.0 Å². The number of para-hydroxylation sites is 1. The number of nitrogens with zero attached hydrogens (tertiary/aromatic N) is 4. The number of aryl methyl sites for hydroxylation is 2. The number of thiazole rings is 1. The molecule has 0 aliphatic carbocycles. The molecular formula is C18H25N5OS. The van der Waals surface area contributed by atoms with E-state index < -0.39 is 0 Å². The summed E-state index contributed by atoms with van der Waals surface area (Å²) in [6.07, 6.45) is 1.85. The average molecular weight is 359 g/mol. The lowest BCUT2D eigenvalue weighted by molar-refractivity contribution is 0.322. The van der Waals surface area contributed by atoms with Crippen LogP contribution >= 0.6 is 11.3 Å². The van der Waals surface area contributed by atoms with Gasteiger partial charge in [0.1, 0.15) is 12.4 Å². The quantitative estimate of drug-likeness (QED) is 0.504. The van der Waals surface area contributed by atoms with Gasteiger partial charge in [0.05, 0.1) is 6.54 Å². The van der Waals surface area contributed by atoms with Crippen molar-refractivity contribution in [1.29, 1.82) is 0 Å². The van der Waals surface area contributed by atoms with Gasteiger partial charge >= 0.3 is 0 Å². The van der Waals surface area contributed by atoms with E-state index in [4.69, 9.17) is 10.5 Å². The van der Waals surface area contributed by atoms with Crippen LogP contribution in [0.3, 0.4) is 0 Å². The van der Waals surface area contributed by atoms with Crippen LogP contribution in [0, 0.1) is 13.8 Å². The number of benzene rings is 1. The highest BCUT2D eigenvalue weighted by Crippen LogP contribution is 2.22. The number of nitrogens with two attached hydrogens (primary N) is 1. The molecule has 7 heteroatoms. The zero-order valence-electron chi connectivity index (χ0n) is 14.8. The fourth-order valence-corrected chi connectivity index (χ4v) is 3.63. The lowest BCUT2D eigenvalue weighted by Crippen LogP contribution is -2.51. The van der Waals surface area contributed by atoms with Crippen LogP contribution in [-0.4, -0.2) is 55.2 Å². The van der Waals surface area contributed by atoms with Gasteiger partial charge in [0, 0.05) is 37.8 Å². The summed E-state index contributed by atoms with van der Waals surface area (Å²) in [4.78, 5) is 13.3. The van der Waals surface area contributed by atoms with Gasteiger partial charge in [0.15, 0.2) is 11.1 Å². The first-order valence-electron chi connectivity index (χ1n) is 8.53. The molecule has 1 aromatic carbocycles. The Hall–Kier alpha value is -2.28. The molecule has 0 amide bonds. The Morgan fingerprint density at radius 2 is 1.96 bits per heavy atom. The van der Waals surface area contributed by atoms with Gasteiger partial charge in [-0.2, -0.15) is 0 Å². The zero-order chi connectivity index (χ0) is 17.6. The maximum atomic E-state index is 6.14. The van der Waals surface area contributed by atoms with E-state index in [9.17, 15) is 0 Å². The van der Waals surface area contributed by atoms with Gasteiger partial charge in [0.25, 0.3) is 0 Å². The van der Waals surface area contributed by atoms with E-state index in [1.807, 2.05) is 17.6 Å². The Kier molecular flexibility index (Phi) is 5.75. The lowest BCUT2D eigenvalue weighted by atomic mass is 10.1. The third-order valence-electron chi connectivity index (χ3n) is 4.31. The summed E-state index contributed by atoms with van der Waals surface area (Å²) in [5, 5.41) is 3.09. The number of aromatic nitrogens is 1. The van der Waals surface area contributed by atoms with E-state index >= 15 is 0 Å². The van der Waals surface area contributed by atoms with Gasteiger partial charge < -0.3 is 20.3 Å². The summed E-state index contributed by atoms with van der Waals surface area (Å²) in [5.74, 6) is 1.55. The molecular weight excluding hydrogens is 334 g/mol. The maximum absolute atomic E-state index is 6.14. The highest BCUT2D eigenvalue weighted by Gasteiger charge is 2.19. The molecule has 0 bridgehead atoms. The first-order valence-corrected chi connectivity index (χ1v) is 9.41.